The fraction of sp³-hybridized carbons (Fsp3) is 0.528. The van der Waals surface area contributed by atoms with Crippen LogP contribution in [0, 0.1) is 17.8 Å². The number of aromatic amines is 1. The Balaban J connectivity index is 1.23. The predicted octanol–water partition coefficient (Wildman–Crippen LogP) is 6.77. The van der Waals surface area contributed by atoms with E-state index in [0.717, 1.165) is 78.6 Å². The number of esters is 1. The summed E-state index contributed by atoms with van der Waals surface area (Å²) < 4.78 is 10.2. The molecule has 9 heteroatoms. The average Bonchev–Trinajstić information content (AvgIpc) is 3.66. The third-order valence-corrected chi connectivity index (χ3v) is 9.95. The SMILES string of the molecule is CCCc1c(Cc2ccc(-c3ccccc3-c3nnn[nH]3)cc2)c(=O)n2n1CCCC2CC(=O)OC1CC(C)CCC1C(C)C. The van der Waals surface area contributed by atoms with Crippen LogP contribution >= 0.6 is 0 Å². The van der Waals surface area contributed by atoms with Crippen LogP contribution in [0.4, 0.5) is 0 Å². The van der Waals surface area contributed by atoms with Crippen LogP contribution in [-0.2, 0) is 28.9 Å². The van der Waals surface area contributed by atoms with E-state index in [1.54, 1.807) is 0 Å². The summed E-state index contributed by atoms with van der Waals surface area (Å²) in [4.78, 5) is 27.5. The summed E-state index contributed by atoms with van der Waals surface area (Å²) in [5.41, 5.74) is 6.09. The molecule has 2 aromatic carbocycles. The molecule has 0 amide bonds. The lowest BCUT2D eigenvalue weighted by Crippen LogP contribution is -2.38. The molecule has 1 fully saturated rings. The van der Waals surface area contributed by atoms with E-state index in [9.17, 15) is 9.59 Å². The minimum Gasteiger partial charge on any atom is -0.462 e. The van der Waals surface area contributed by atoms with Crippen molar-refractivity contribution in [1.82, 2.24) is 30.0 Å². The summed E-state index contributed by atoms with van der Waals surface area (Å²) in [6.07, 6.45) is 7.57. The Labute approximate surface area is 265 Å². The summed E-state index contributed by atoms with van der Waals surface area (Å²) >= 11 is 0. The number of H-pyrrole nitrogens is 1. The highest BCUT2D eigenvalue weighted by Gasteiger charge is 2.35. The van der Waals surface area contributed by atoms with Crippen molar-refractivity contribution in [2.45, 2.75) is 104 Å². The molecule has 2 aromatic heterocycles. The third-order valence-electron chi connectivity index (χ3n) is 9.95. The number of carbonyl (C=O) groups is 1. The lowest BCUT2D eigenvalue weighted by atomic mass is 9.75. The van der Waals surface area contributed by atoms with Gasteiger partial charge in [0, 0.05) is 29.8 Å². The van der Waals surface area contributed by atoms with Crippen molar-refractivity contribution in [2.24, 2.45) is 17.8 Å². The van der Waals surface area contributed by atoms with Gasteiger partial charge < -0.3 is 4.74 Å². The first-order valence-corrected chi connectivity index (χ1v) is 16.8. The van der Waals surface area contributed by atoms with Gasteiger partial charge in [0.15, 0.2) is 5.82 Å². The molecular weight excluding hydrogens is 564 g/mol. The van der Waals surface area contributed by atoms with Gasteiger partial charge in [-0.05, 0) is 77.0 Å². The quantitative estimate of drug-likeness (QED) is 0.199. The highest BCUT2D eigenvalue weighted by atomic mass is 16.5. The van der Waals surface area contributed by atoms with Gasteiger partial charge in [0.05, 0.1) is 12.5 Å². The number of fused-ring (bicyclic) bond motifs is 1. The number of hydrogen-bond donors (Lipinski definition) is 1. The van der Waals surface area contributed by atoms with E-state index < -0.39 is 0 Å². The van der Waals surface area contributed by atoms with Crippen LogP contribution in [0.2, 0.25) is 0 Å². The topological polar surface area (TPSA) is 108 Å². The number of rotatable bonds is 10. The standard InChI is InChI=1S/C36H46N6O3/c1-5-9-32-31(21-25-14-16-26(17-15-25)29-11-6-7-12-30(29)35-37-39-40-38-35)36(44)42-27(10-8-19-41(32)42)22-34(43)45-33-20-24(4)13-18-28(33)23(2)3/h6-7,11-12,14-17,23-24,27-28,33H,5,8-10,13,18-22H2,1-4H3,(H,37,38,39,40). The van der Waals surface area contributed by atoms with Gasteiger partial charge in [-0.3, -0.25) is 14.3 Å². The van der Waals surface area contributed by atoms with Crippen LogP contribution in [-0.4, -0.2) is 42.1 Å². The van der Waals surface area contributed by atoms with E-state index in [2.05, 4.69) is 83.3 Å². The molecule has 0 bridgehead atoms. The minimum atomic E-state index is -0.175. The zero-order valence-corrected chi connectivity index (χ0v) is 27.0. The van der Waals surface area contributed by atoms with Crippen LogP contribution in [0.5, 0.6) is 0 Å². The monoisotopic (exact) mass is 610 g/mol. The maximum atomic E-state index is 14.1. The van der Waals surface area contributed by atoms with Crippen LogP contribution < -0.4 is 5.56 Å². The fourth-order valence-corrected chi connectivity index (χ4v) is 7.63. The highest BCUT2D eigenvalue weighted by molar-refractivity contribution is 5.80. The second-order valence-electron chi connectivity index (χ2n) is 13.5. The van der Waals surface area contributed by atoms with Gasteiger partial charge in [-0.1, -0.05) is 89.1 Å². The first kappa shape index (κ1) is 31.0. The molecule has 1 saturated carbocycles. The summed E-state index contributed by atoms with van der Waals surface area (Å²) in [5, 5.41) is 14.4. The van der Waals surface area contributed by atoms with Gasteiger partial charge in [-0.15, -0.1) is 5.10 Å². The van der Waals surface area contributed by atoms with E-state index in [1.165, 1.54) is 6.42 Å². The van der Waals surface area contributed by atoms with Crippen molar-refractivity contribution >= 4 is 5.97 Å². The van der Waals surface area contributed by atoms with Gasteiger partial charge in [0.1, 0.15) is 6.10 Å². The lowest BCUT2D eigenvalue weighted by molar-refractivity contribution is -0.157. The Kier molecular flexibility index (Phi) is 9.33. The predicted molar refractivity (Wildman–Crippen MR) is 175 cm³/mol. The summed E-state index contributed by atoms with van der Waals surface area (Å²) in [6.45, 7) is 9.68. The summed E-state index contributed by atoms with van der Waals surface area (Å²) in [6, 6.07) is 16.3. The number of nitrogens with one attached hydrogen (secondary N) is 1. The normalized spacial score (nSPS) is 21.5. The molecule has 9 nitrogen and oxygen atoms in total. The van der Waals surface area contributed by atoms with Gasteiger partial charge >= 0.3 is 5.97 Å². The van der Waals surface area contributed by atoms with E-state index in [4.69, 9.17) is 4.74 Å². The number of hydrogen-bond acceptors (Lipinski definition) is 6. The highest BCUT2D eigenvalue weighted by Crippen LogP contribution is 2.36. The van der Waals surface area contributed by atoms with Crippen LogP contribution in [0.1, 0.15) is 95.5 Å². The molecule has 45 heavy (non-hydrogen) atoms. The van der Waals surface area contributed by atoms with Gasteiger partial charge in [0.25, 0.3) is 5.56 Å². The molecule has 1 N–H and O–H groups in total. The van der Waals surface area contributed by atoms with Crippen molar-refractivity contribution in [3.8, 4) is 22.5 Å². The first-order chi connectivity index (χ1) is 21.8. The van der Waals surface area contributed by atoms with Gasteiger partial charge in [0.2, 0.25) is 0 Å². The second kappa shape index (κ2) is 13.5. The Hall–Kier alpha value is -4.01. The molecule has 4 atom stereocenters. The molecular formula is C36H46N6O3. The molecule has 4 aromatic rings. The Bertz CT molecular complexity index is 1650. The smallest absolute Gasteiger partial charge is 0.308 e. The van der Waals surface area contributed by atoms with Gasteiger partial charge in [-0.25, -0.2) is 9.78 Å². The molecule has 0 spiro atoms. The number of aromatic nitrogens is 6. The number of tetrazole rings is 1. The molecule has 4 unspecified atom stereocenters. The van der Waals surface area contributed by atoms with Crippen molar-refractivity contribution in [3.05, 3.63) is 75.7 Å². The van der Waals surface area contributed by atoms with Crippen LogP contribution in [0.25, 0.3) is 22.5 Å². The molecule has 0 saturated heterocycles. The molecule has 238 valence electrons. The fourth-order valence-electron chi connectivity index (χ4n) is 7.63. The largest absolute Gasteiger partial charge is 0.462 e. The average molecular weight is 611 g/mol. The molecule has 2 aliphatic rings. The van der Waals surface area contributed by atoms with Gasteiger partial charge in [-0.2, -0.15) is 0 Å². The van der Waals surface area contributed by atoms with Crippen molar-refractivity contribution in [1.29, 1.82) is 0 Å². The van der Waals surface area contributed by atoms with Crippen LogP contribution in [0.3, 0.4) is 0 Å². The van der Waals surface area contributed by atoms with Crippen molar-refractivity contribution in [3.63, 3.8) is 0 Å². The zero-order chi connectivity index (χ0) is 31.5. The van der Waals surface area contributed by atoms with Crippen molar-refractivity contribution in [2.75, 3.05) is 0 Å². The minimum absolute atomic E-state index is 0.0260. The number of ether oxygens (including phenoxy) is 1. The molecule has 1 aliphatic heterocycles. The number of benzene rings is 2. The Morgan fingerprint density at radius 1 is 1.07 bits per heavy atom. The lowest BCUT2D eigenvalue weighted by Gasteiger charge is -2.37. The summed E-state index contributed by atoms with van der Waals surface area (Å²) in [5.74, 6) is 1.92. The first-order valence-electron chi connectivity index (χ1n) is 16.8. The zero-order valence-electron chi connectivity index (χ0n) is 27.0. The second-order valence-corrected chi connectivity index (χ2v) is 13.5. The molecule has 6 rings (SSSR count). The van der Waals surface area contributed by atoms with E-state index in [-0.39, 0.29) is 30.1 Å². The maximum absolute atomic E-state index is 14.1. The molecule has 3 heterocycles. The van der Waals surface area contributed by atoms with E-state index in [1.807, 2.05) is 22.9 Å². The maximum Gasteiger partial charge on any atom is 0.308 e. The van der Waals surface area contributed by atoms with E-state index in [0.29, 0.717) is 30.0 Å². The van der Waals surface area contributed by atoms with Crippen molar-refractivity contribution < 1.29 is 9.53 Å². The number of nitrogens with zero attached hydrogens (tertiary/aromatic N) is 5. The number of carbonyl (C=O) groups excluding carboxylic acids is 1. The van der Waals surface area contributed by atoms with Crippen LogP contribution in [0.15, 0.2) is 53.3 Å². The Morgan fingerprint density at radius 2 is 1.84 bits per heavy atom. The van der Waals surface area contributed by atoms with E-state index >= 15 is 0 Å². The Morgan fingerprint density at radius 3 is 2.56 bits per heavy atom. The third kappa shape index (κ3) is 6.53. The molecule has 1 aliphatic carbocycles. The molecule has 0 radical (unpaired) electrons. The summed E-state index contributed by atoms with van der Waals surface area (Å²) in [7, 11) is 0.